The predicted molar refractivity (Wildman–Crippen MR) is 170 cm³/mol. The van der Waals surface area contributed by atoms with Crippen molar-refractivity contribution >= 4 is 34.1 Å². The molecule has 4 aromatic rings. The number of benzene rings is 3. The summed E-state index contributed by atoms with van der Waals surface area (Å²) in [5.41, 5.74) is 2.99. The minimum Gasteiger partial charge on any atom is -0.490 e. The lowest BCUT2D eigenvalue weighted by molar-refractivity contribution is -0.117. The standard InChI is InChI=1S/C34H39ClN4O4/c35-27-12-13-31-29(22-27)36-34(40)25-38(14-6-1-7-19-42-32-10-4-5-11-33(32)43-31)23-26-24-39(30-9-3-2-8-28(26)30)16-15-37-17-20-41-21-18-37/h2-5,8-13,22,24H,1,6-7,14-21,23,25H2,(H,36,40). The molecule has 43 heavy (non-hydrogen) atoms. The minimum absolute atomic E-state index is 0.109. The van der Waals surface area contributed by atoms with Gasteiger partial charge in [-0.3, -0.25) is 14.6 Å². The van der Waals surface area contributed by atoms with Crippen LogP contribution in [-0.4, -0.2) is 72.8 Å². The van der Waals surface area contributed by atoms with Gasteiger partial charge in [0.25, 0.3) is 0 Å². The Balaban J connectivity index is 1.22. The molecular weight excluding hydrogens is 564 g/mol. The van der Waals surface area contributed by atoms with E-state index in [2.05, 4.69) is 50.1 Å². The van der Waals surface area contributed by atoms with Gasteiger partial charge in [0, 0.05) is 54.8 Å². The average Bonchev–Trinajstić information content (AvgIpc) is 3.36. The van der Waals surface area contributed by atoms with E-state index >= 15 is 0 Å². The van der Waals surface area contributed by atoms with Crippen molar-refractivity contribution in [2.24, 2.45) is 0 Å². The number of anilines is 1. The molecule has 9 heteroatoms. The highest BCUT2D eigenvalue weighted by Gasteiger charge is 2.19. The maximum absolute atomic E-state index is 13.5. The Bertz CT molecular complexity index is 1530. The van der Waals surface area contributed by atoms with Crippen molar-refractivity contribution in [1.29, 1.82) is 0 Å². The highest BCUT2D eigenvalue weighted by Crippen LogP contribution is 2.37. The number of aromatic nitrogens is 1. The molecular formula is C34H39ClN4O4. The van der Waals surface area contributed by atoms with E-state index in [-0.39, 0.29) is 12.5 Å². The number of halogens is 1. The topological polar surface area (TPSA) is 68.2 Å². The zero-order valence-corrected chi connectivity index (χ0v) is 25.2. The summed E-state index contributed by atoms with van der Waals surface area (Å²) >= 11 is 6.33. The number of rotatable bonds is 5. The van der Waals surface area contributed by atoms with Crippen molar-refractivity contribution in [2.75, 3.05) is 57.9 Å². The molecule has 1 saturated heterocycles. The molecule has 0 aliphatic carbocycles. The summed E-state index contributed by atoms with van der Waals surface area (Å²) in [6.45, 7) is 7.80. The smallest absolute Gasteiger partial charge is 0.238 e. The molecule has 3 aromatic carbocycles. The SMILES string of the molecule is O=C1CN(Cc2cn(CCN3CCOCC3)c3ccccc23)CCCCCOc2ccccc2Oc2ccc(Cl)cc2N1. The summed E-state index contributed by atoms with van der Waals surface area (Å²) in [5, 5.41) is 4.82. The van der Waals surface area contributed by atoms with Gasteiger partial charge in [-0.05, 0) is 67.8 Å². The monoisotopic (exact) mass is 602 g/mol. The maximum atomic E-state index is 13.5. The number of carbonyl (C=O) groups excluding carboxylic acids is 1. The van der Waals surface area contributed by atoms with Crippen LogP contribution in [-0.2, 0) is 22.6 Å². The second-order valence-corrected chi connectivity index (χ2v) is 11.6. The van der Waals surface area contributed by atoms with Crippen molar-refractivity contribution in [1.82, 2.24) is 14.4 Å². The third kappa shape index (κ3) is 7.70. The molecule has 0 bridgehead atoms. The third-order valence-electron chi connectivity index (χ3n) is 8.05. The van der Waals surface area contributed by atoms with Crippen LogP contribution in [0.2, 0.25) is 5.02 Å². The number of nitrogens with one attached hydrogen (secondary N) is 1. The van der Waals surface area contributed by atoms with Crippen molar-refractivity contribution in [3.63, 3.8) is 0 Å². The van der Waals surface area contributed by atoms with Crippen LogP contribution in [0.4, 0.5) is 5.69 Å². The molecule has 0 unspecified atom stereocenters. The number of nitrogens with zero attached hydrogens (tertiary/aromatic N) is 3. The molecule has 0 spiro atoms. The second kappa shape index (κ2) is 14.3. The molecule has 8 nitrogen and oxygen atoms in total. The zero-order chi connectivity index (χ0) is 29.4. The lowest BCUT2D eigenvalue weighted by Gasteiger charge is -2.26. The van der Waals surface area contributed by atoms with E-state index in [1.54, 1.807) is 18.2 Å². The largest absolute Gasteiger partial charge is 0.490 e. The summed E-state index contributed by atoms with van der Waals surface area (Å²) in [7, 11) is 0. The third-order valence-corrected chi connectivity index (χ3v) is 8.29. The molecule has 226 valence electrons. The number of fused-ring (bicyclic) bond motifs is 3. The van der Waals surface area contributed by atoms with Crippen LogP contribution >= 0.6 is 11.6 Å². The van der Waals surface area contributed by atoms with Crippen LogP contribution in [0.15, 0.2) is 72.9 Å². The van der Waals surface area contributed by atoms with Gasteiger partial charge in [0.2, 0.25) is 5.91 Å². The Hall–Kier alpha value is -3.56. The van der Waals surface area contributed by atoms with Crippen LogP contribution < -0.4 is 14.8 Å². The van der Waals surface area contributed by atoms with Crippen molar-refractivity contribution in [3.05, 3.63) is 83.5 Å². The van der Waals surface area contributed by atoms with Gasteiger partial charge in [-0.15, -0.1) is 0 Å². The van der Waals surface area contributed by atoms with E-state index < -0.39 is 0 Å². The fourth-order valence-corrected chi connectivity index (χ4v) is 5.99. The quantitative estimate of drug-likeness (QED) is 0.284. The Morgan fingerprint density at radius 1 is 0.791 bits per heavy atom. The number of carbonyl (C=O) groups is 1. The van der Waals surface area contributed by atoms with E-state index in [4.69, 9.17) is 25.8 Å². The summed E-state index contributed by atoms with van der Waals surface area (Å²) < 4.78 is 20.2. The number of morpholine rings is 1. The van der Waals surface area contributed by atoms with Gasteiger partial charge >= 0.3 is 0 Å². The molecule has 0 radical (unpaired) electrons. The van der Waals surface area contributed by atoms with Crippen LogP contribution in [0.3, 0.4) is 0 Å². The molecule has 2 aliphatic heterocycles. The molecule has 1 aromatic heterocycles. The number of hydrogen-bond donors (Lipinski definition) is 1. The Kier molecular flexibility index (Phi) is 9.80. The molecule has 0 atom stereocenters. The van der Waals surface area contributed by atoms with Gasteiger partial charge in [-0.2, -0.15) is 0 Å². The molecule has 0 saturated carbocycles. The first kappa shape index (κ1) is 29.5. The summed E-state index contributed by atoms with van der Waals surface area (Å²) in [6.07, 6.45) is 5.15. The first-order valence-corrected chi connectivity index (χ1v) is 15.6. The summed E-state index contributed by atoms with van der Waals surface area (Å²) in [5.74, 6) is 1.68. The van der Waals surface area contributed by atoms with Crippen LogP contribution in [0, 0.1) is 0 Å². The Morgan fingerprint density at radius 2 is 1.60 bits per heavy atom. The van der Waals surface area contributed by atoms with E-state index in [0.717, 1.165) is 65.2 Å². The highest BCUT2D eigenvalue weighted by molar-refractivity contribution is 6.31. The van der Waals surface area contributed by atoms with E-state index in [0.29, 0.717) is 41.1 Å². The van der Waals surface area contributed by atoms with Gasteiger partial charge in [0.1, 0.15) is 0 Å². The number of hydrogen-bond acceptors (Lipinski definition) is 6. The molecule has 3 heterocycles. The first-order chi connectivity index (χ1) is 21.1. The number of amides is 1. The molecule has 2 aliphatic rings. The van der Waals surface area contributed by atoms with Gasteiger partial charge in [0.15, 0.2) is 17.2 Å². The van der Waals surface area contributed by atoms with Crippen molar-refractivity contribution in [2.45, 2.75) is 32.4 Å². The van der Waals surface area contributed by atoms with Crippen LogP contribution in [0.25, 0.3) is 10.9 Å². The highest BCUT2D eigenvalue weighted by atomic mass is 35.5. The van der Waals surface area contributed by atoms with Gasteiger partial charge in [0.05, 0.1) is 32.1 Å². The Morgan fingerprint density at radius 3 is 2.49 bits per heavy atom. The predicted octanol–water partition coefficient (Wildman–Crippen LogP) is 6.42. The molecule has 6 rings (SSSR count). The van der Waals surface area contributed by atoms with Gasteiger partial charge in [-0.25, -0.2) is 0 Å². The fraction of sp³-hybridized carbons (Fsp3) is 0.382. The second-order valence-electron chi connectivity index (χ2n) is 11.2. The fourth-order valence-electron chi connectivity index (χ4n) is 5.81. The zero-order valence-electron chi connectivity index (χ0n) is 24.5. The normalized spacial score (nSPS) is 17.6. The molecule has 1 amide bonds. The summed E-state index contributed by atoms with van der Waals surface area (Å²) in [6, 6.07) is 21.4. The van der Waals surface area contributed by atoms with E-state index in [9.17, 15) is 4.79 Å². The maximum Gasteiger partial charge on any atom is 0.238 e. The van der Waals surface area contributed by atoms with Crippen LogP contribution in [0.1, 0.15) is 24.8 Å². The van der Waals surface area contributed by atoms with Gasteiger partial charge < -0.3 is 24.1 Å². The molecule has 1 fully saturated rings. The van der Waals surface area contributed by atoms with E-state index in [1.807, 2.05) is 24.3 Å². The van der Waals surface area contributed by atoms with Crippen molar-refractivity contribution < 1.29 is 19.0 Å². The first-order valence-electron chi connectivity index (χ1n) is 15.2. The summed E-state index contributed by atoms with van der Waals surface area (Å²) in [4.78, 5) is 18.2. The van der Waals surface area contributed by atoms with Crippen molar-refractivity contribution in [3.8, 4) is 17.2 Å². The van der Waals surface area contributed by atoms with Gasteiger partial charge in [-0.1, -0.05) is 41.9 Å². The minimum atomic E-state index is -0.109. The Labute approximate surface area is 258 Å². The average molecular weight is 603 g/mol. The van der Waals surface area contributed by atoms with E-state index in [1.165, 1.54) is 16.5 Å². The van der Waals surface area contributed by atoms with Crippen LogP contribution in [0.5, 0.6) is 17.2 Å². The number of para-hydroxylation sites is 3. The lowest BCUT2D eigenvalue weighted by atomic mass is 10.1. The molecule has 1 N–H and O–H groups in total. The number of ether oxygens (including phenoxy) is 3. The lowest BCUT2D eigenvalue weighted by Crippen LogP contribution is -2.38.